The van der Waals surface area contributed by atoms with Crippen molar-refractivity contribution >= 4 is 11.3 Å². The standard InChI is InChI=1S/C19H25NS/c1-19(2,3)14-9-7-13(8-10-14)18(20)16-5-4-6-17-15(16)11-12-21-17/h7-12,16,18H,4-6,20H2,1-3H3. The maximum Gasteiger partial charge on any atom is 0.0364 e. The van der Waals surface area contributed by atoms with E-state index in [2.05, 4.69) is 56.5 Å². The van der Waals surface area contributed by atoms with Crippen molar-refractivity contribution < 1.29 is 0 Å². The number of aryl methyl sites for hydroxylation is 1. The highest BCUT2D eigenvalue weighted by Gasteiger charge is 2.27. The molecule has 2 aromatic rings. The molecule has 21 heavy (non-hydrogen) atoms. The Kier molecular flexibility index (Phi) is 3.94. The third-order valence-corrected chi connectivity index (χ3v) is 5.69. The summed E-state index contributed by atoms with van der Waals surface area (Å²) in [6.45, 7) is 6.75. The van der Waals surface area contributed by atoms with Crippen molar-refractivity contribution in [3.63, 3.8) is 0 Å². The first kappa shape index (κ1) is 14.8. The number of hydrogen-bond donors (Lipinski definition) is 1. The summed E-state index contributed by atoms with van der Waals surface area (Å²) < 4.78 is 0. The first-order chi connectivity index (χ1) is 9.97. The molecule has 1 aromatic heterocycles. The van der Waals surface area contributed by atoms with Gasteiger partial charge in [0, 0.05) is 16.8 Å². The van der Waals surface area contributed by atoms with E-state index in [0.717, 1.165) is 0 Å². The summed E-state index contributed by atoms with van der Waals surface area (Å²) in [7, 11) is 0. The average molecular weight is 299 g/mol. The molecule has 2 heteroatoms. The summed E-state index contributed by atoms with van der Waals surface area (Å²) in [4.78, 5) is 1.55. The summed E-state index contributed by atoms with van der Waals surface area (Å²) in [5, 5.41) is 2.22. The Balaban J connectivity index is 1.85. The van der Waals surface area contributed by atoms with E-state index in [1.54, 1.807) is 4.88 Å². The van der Waals surface area contributed by atoms with Crippen molar-refractivity contribution in [2.24, 2.45) is 5.73 Å². The molecule has 0 radical (unpaired) electrons. The highest BCUT2D eigenvalue weighted by Crippen LogP contribution is 2.41. The van der Waals surface area contributed by atoms with Gasteiger partial charge in [-0.15, -0.1) is 11.3 Å². The van der Waals surface area contributed by atoms with Crippen molar-refractivity contribution in [3.05, 3.63) is 57.3 Å². The summed E-state index contributed by atoms with van der Waals surface area (Å²) in [5.41, 5.74) is 11.0. The molecule has 1 nitrogen and oxygen atoms in total. The van der Waals surface area contributed by atoms with Gasteiger partial charge in [-0.3, -0.25) is 0 Å². The monoisotopic (exact) mass is 299 g/mol. The van der Waals surface area contributed by atoms with Crippen LogP contribution in [-0.2, 0) is 11.8 Å². The molecule has 2 N–H and O–H groups in total. The van der Waals surface area contributed by atoms with Crippen LogP contribution in [-0.4, -0.2) is 0 Å². The molecule has 1 aliphatic carbocycles. The second-order valence-electron chi connectivity index (χ2n) is 7.20. The van der Waals surface area contributed by atoms with Gasteiger partial charge in [-0.2, -0.15) is 0 Å². The fraction of sp³-hybridized carbons (Fsp3) is 0.474. The van der Waals surface area contributed by atoms with Gasteiger partial charge < -0.3 is 5.73 Å². The van der Waals surface area contributed by atoms with Crippen LogP contribution < -0.4 is 5.73 Å². The lowest BCUT2D eigenvalue weighted by molar-refractivity contribution is 0.478. The highest BCUT2D eigenvalue weighted by molar-refractivity contribution is 7.10. The van der Waals surface area contributed by atoms with Crippen LogP contribution in [0.15, 0.2) is 35.7 Å². The van der Waals surface area contributed by atoms with Crippen LogP contribution in [0, 0.1) is 0 Å². The minimum absolute atomic E-state index is 0.118. The molecular formula is C19H25NS. The molecule has 0 saturated heterocycles. The third-order valence-electron chi connectivity index (χ3n) is 4.69. The minimum atomic E-state index is 0.118. The van der Waals surface area contributed by atoms with Gasteiger partial charge in [-0.25, -0.2) is 0 Å². The summed E-state index contributed by atoms with van der Waals surface area (Å²) in [5.74, 6) is 0.487. The SMILES string of the molecule is CC(C)(C)c1ccc(C(N)C2CCCc3sccc32)cc1. The van der Waals surface area contributed by atoms with Crippen molar-refractivity contribution in [1.82, 2.24) is 0 Å². The summed E-state index contributed by atoms with van der Waals surface area (Å²) in [6.07, 6.45) is 3.72. The van der Waals surface area contributed by atoms with E-state index >= 15 is 0 Å². The van der Waals surface area contributed by atoms with Crippen LogP contribution >= 0.6 is 11.3 Å². The van der Waals surface area contributed by atoms with Gasteiger partial charge in [0.2, 0.25) is 0 Å². The van der Waals surface area contributed by atoms with Crippen molar-refractivity contribution in [3.8, 4) is 0 Å². The lowest BCUT2D eigenvalue weighted by Crippen LogP contribution is -2.23. The van der Waals surface area contributed by atoms with E-state index < -0.39 is 0 Å². The Bertz CT molecular complexity index is 603. The second kappa shape index (κ2) is 5.58. The Morgan fingerprint density at radius 3 is 2.52 bits per heavy atom. The molecule has 1 aromatic carbocycles. The van der Waals surface area contributed by atoms with Crippen LogP contribution in [0.1, 0.15) is 67.1 Å². The van der Waals surface area contributed by atoms with E-state index in [0.29, 0.717) is 5.92 Å². The highest BCUT2D eigenvalue weighted by atomic mass is 32.1. The fourth-order valence-corrected chi connectivity index (χ4v) is 4.33. The average Bonchev–Trinajstić information content (AvgIpc) is 2.94. The molecule has 2 unspecified atom stereocenters. The summed E-state index contributed by atoms with van der Waals surface area (Å²) >= 11 is 1.89. The number of hydrogen-bond acceptors (Lipinski definition) is 2. The molecule has 0 fully saturated rings. The topological polar surface area (TPSA) is 26.0 Å². The van der Waals surface area contributed by atoms with Gasteiger partial charge in [-0.05, 0) is 52.8 Å². The molecule has 1 aliphatic rings. The molecule has 0 saturated carbocycles. The zero-order valence-electron chi connectivity index (χ0n) is 13.2. The third kappa shape index (κ3) is 2.93. The number of rotatable bonds is 2. The zero-order valence-corrected chi connectivity index (χ0v) is 14.0. The number of fused-ring (bicyclic) bond motifs is 1. The molecule has 0 spiro atoms. The minimum Gasteiger partial charge on any atom is -0.323 e. The second-order valence-corrected chi connectivity index (χ2v) is 8.20. The van der Waals surface area contributed by atoms with Gasteiger partial charge in [0.15, 0.2) is 0 Å². The first-order valence-corrected chi connectivity index (χ1v) is 8.77. The predicted molar refractivity (Wildman–Crippen MR) is 92.1 cm³/mol. The van der Waals surface area contributed by atoms with E-state index in [-0.39, 0.29) is 11.5 Å². The van der Waals surface area contributed by atoms with E-state index in [4.69, 9.17) is 5.73 Å². The van der Waals surface area contributed by atoms with E-state index in [1.165, 1.54) is 36.0 Å². The van der Waals surface area contributed by atoms with Crippen molar-refractivity contribution in [1.29, 1.82) is 0 Å². The molecule has 2 atom stereocenters. The molecule has 0 bridgehead atoms. The van der Waals surface area contributed by atoms with Crippen LogP contribution in [0.5, 0.6) is 0 Å². The van der Waals surface area contributed by atoms with Gasteiger partial charge in [0.1, 0.15) is 0 Å². The molecule has 3 rings (SSSR count). The Hall–Kier alpha value is -1.12. The molecule has 1 heterocycles. The normalized spacial score (nSPS) is 20.1. The maximum absolute atomic E-state index is 6.61. The molecule has 0 aliphatic heterocycles. The Morgan fingerprint density at radius 2 is 1.86 bits per heavy atom. The first-order valence-electron chi connectivity index (χ1n) is 7.89. The lowest BCUT2D eigenvalue weighted by atomic mass is 9.79. The van der Waals surface area contributed by atoms with Crippen LogP contribution in [0.3, 0.4) is 0 Å². The van der Waals surface area contributed by atoms with Crippen LogP contribution in [0.2, 0.25) is 0 Å². The van der Waals surface area contributed by atoms with Crippen LogP contribution in [0.25, 0.3) is 0 Å². The Labute approximate surface area is 132 Å². The zero-order chi connectivity index (χ0) is 15.0. The fourth-order valence-electron chi connectivity index (χ4n) is 3.33. The van der Waals surface area contributed by atoms with Crippen molar-refractivity contribution in [2.75, 3.05) is 0 Å². The van der Waals surface area contributed by atoms with Gasteiger partial charge >= 0.3 is 0 Å². The summed E-state index contributed by atoms with van der Waals surface area (Å²) in [6, 6.07) is 11.3. The van der Waals surface area contributed by atoms with E-state index in [9.17, 15) is 0 Å². The largest absolute Gasteiger partial charge is 0.323 e. The molecular weight excluding hydrogens is 274 g/mol. The van der Waals surface area contributed by atoms with Gasteiger partial charge in [0.25, 0.3) is 0 Å². The molecule has 0 amide bonds. The van der Waals surface area contributed by atoms with Crippen molar-refractivity contribution in [2.45, 2.75) is 57.4 Å². The van der Waals surface area contributed by atoms with Crippen LogP contribution in [0.4, 0.5) is 0 Å². The predicted octanol–water partition coefficient (Wildman–Crippen LogP) is 5.17. The Morgan fingerprint density at radius 1 is 1.14 bits per heavy atom. The van der Waals surface area contributed by atoms with E-state index in [1.807, 2.05) is 11.3 Å². The van der Waals surface area contributed by atoms with Gasteiger partial charge in [-0.1, -0.05) is 45.0 Å². The smallest absolute Gasteiger partial charge is 0.0364 e. The number of nitrogens with two attached hydrogens (primary N) is 1. The molecule has 112 valence electrons. The lowest BCUT2D eigenvalue weighted by Gasteiger charge is -2.29. The van der Waals surface area contributed by atoms with Gasteiger partial charge in [0.05, 0.1) is 0 Å². The number of benzene rings is 1. The maximum atomic E-state index is 6.61. The quantitative estimate of drug-likeness (QED) is 0.814. The number of thiophene rings is 1.